The highest BCUT2D eigenvalue weighted by molar-refractivity contribution is 5.88. The Kier molecular flexibility index (Phi) is 5.08. The molecule has 0 bridgehead atoms. The standard InChI is InChI=1S/C23H22O6/c1-24-16-5-14(6-17(9-16)25-2)20-11-22-23(29-13-28-22)12-21(20)15-7-18(26-3)10-19(8-15)27-4/h5-12H,13H2,1-4H3. The van der Waals surface area contributed by atoms with Crippen LogP contribution in [0.2, 0.25) is 0 Å². The molecule has 1 aliphatic rings. The molecule has 0 unspecified atom stereocenters. The second-order valence-electron chi connectivity index (χ2n) is 6.45. The van der Waals surface area contributed by atoms with E-state index in [2.05, 4.69) is 0 Å². The smallest absolute Gasteiger partial charge is 0.231 e. The van der Waals surface area contributed by atoms with Crippen molar-refractivity contribution in [1.82, 2.24) is 0 Å². The fraction of sp³-hybridized carbons (Fsp3) is 0.217. The Morgan fingerprint density at radius 1 is 0.517 bits per heavy atom. The molecule has 6 heteroatoms. The molecule has 6 nitrogen and oxygen atoms in total. The third-order valence-corrected chi connectivity index (χ3v) is 4.84. The second kappa shape index (κ2) is 7.83. The van der Waals surface area contributed by atoms with Gasteiger partial charge in [-0.2, -0.15) is 0 Å². The zero-order chi connectivity index (χ0) is 20.4. The van der Waals surface area contributed by atoms with Crippen molar-refractivity contribution in [3.8, 4) is 56.8 Å². The molecule has 29 heavy (non-hydrogen) atoms. The highest BCUT2D eigenvalue weighted by Crippen LogP contribution is 2.45. The van der Waals surface area contributed by atoms with Gasteiger partial charge in [-0.15, -0.1) is 0 Å². The maximum atomic E-state index is 5.62. The molecule has 3 aromatic rings. The predicted octanol–water partition coefficient (Wildman–Crippen LogP) is 4.78. The Labute approximate surface area is 169 Å². The number of ether oxygens (including phenoxy) is 6. The van der Waals surface area contributed by atoms with Gasteiger partial charge in [0.2, 0.25) is 6.79 Å². The highest BCUT2D eigenvalue weighted by Gasteiger charge is 2.21. The first-order valence-electron chi connectivity index (χ1n) is 9.05. The van der Waals surface area contributed by atoms with E-state index in [4.69, 9.17) is 28.4 Å². The van der Waals surface area contributed by atoms with Crippen molar-refractivity contribution in [2.24, 2.45) is 0 Å². The van der Waals surface area contributed by atoms with E-state index in [1.54, 1.807) is 28.4 Å². The zero-order valence-corrected chi connectivity index (χ0v) is 16.8. The first kappa shape index (κ1) is 18.8. The van der Waals surface area contributed by atoms with Crippen LogP contribution in [0.5, 0.6) is 34.5 Å². The monoisotopic (exact) mass is 394 g/mol. The van der Waals surface area contributed by atoms with Gasteiger partial charge in [0, 0.05) is 12.1 Å². The van der Waals surface area contributed by atoms with Crippen molar-refractivity contribution in [3.05, 3.63) is 48.5 Å². The lowest BCUT2D eigenvalue weighted by Gasteiger charge is -2.15. The van der Waals surface area contributed by atoms with Gasteiger partial charge in [0.15, 0.2) is 11.5 Å². The summed E-state index contributed by atoms with van der Waals surface area (Å²) in [4.78, 5) is 0. The molecule has 0 saturated carbocycles. The Hall–Kier alpha value is -3.54. The predicted molar refractivity (Wildman–Crippen MR) is 110 cm³/mol. The lowest BCUT2D eigenvalue weighted by molar-refractivity contribution is 0.174. The molecular formula is C23H22O6. The molecule has 0 atom stereocenters. The van der Waals surface area contributed by atoms with Gasteiger partial charge >= 0.3 is 0 Å². The summed E-state index contributed by atoms with van der Waals surface area (Å²) in [5.74, 6) is 4.19. The number of methoxy groups -OCH3 is 4. The Morgan fingerprint density at radius 2 is 0.862 bits per heavy atom. The van der Waals surface area contributed by atoms with Gasteiger partial charge in [-0.3, -0.25) is 0 Å². The van der Waals surface area contributed by atoms with Gasteiger partial charge in [0.05, 0.1) is 28.4 Å². The highest BCUT2D eigenvalue weighted by atomic mass is 16.7. The topological polar surface area (TPSA) is 55.4 Å². The molecule has 3 aromatic carbocycles. The Morgan fingerprint density at radius 3 is 1.17 bits per heavy atom. The summed E-state index contributed by atoms with van der Waals surface area (Å²) in [6, 6.07) is 15.5. The van der Waals surface area contributed by atoms with Crippen molar-refractivity contribution < 1.29 is 28.4 Å². The molecule has 0 radical (unpaired) electrons. The van der Waals surface area contributed by atoms with Crippen LogP contribution < -0.4 is 28.4 Å². The lowest BCUT2D eigenvalue weighted by atomic mass is 9.93. The fourth-order valence-electron chi connectivity index (χ4n) is 3.35. The number of hydrogen-bond acceptors (Lipinski definition) is 6. The van der Waals surface area contributed by atoms with E-state index in [0.717, 1.165) is 22.3 Å². The minimum absolute atomic E-state index is 0.196. The van der Waals surface area contributed by atoms with Crippen molar-refractivity contribution in [2.45, 2.75) is 0 Å². The minimum atomic E-state index is 0.196. The van der Waals surface area contributed by atoms with Crippen LogP contribution in [0.25, 0.3) is 22.3 Å². The lowest BCUT2D eigenvalue weighted by Crippen LogP contribution is -1.93. The maximum Gasteiger partial charge on any atom is 0.231 e. The molecule has 0 spiro atoms. The molecule has 0 aliphatic carbocycles. The van der Waals surface area contributed by atoms with Crippen LogP contribution in [-0.4, -0.2) is 35.2 Å². The molecule has 4 rings (SSSR count). The maximum absolute atomic E-state index is 5.62. The van der Waals surface area contributed by atoms with E-state index in [-0.39, 0.29) is 6.79 Å². The van der Waals surface area contributed by atoms with E-state index in [1.165, 1.54) is 0 Å². The molecule has 0 aromatic heterocycles. The van der Waals surface area contributed by atoms with Gasteiger partial charge in [-0.1, -0.05) is 0 Å². The van der Waals surface area contributed by atoms with E-state index < -0.39 is 0 Å². The van der Waals surface area contributed by atoms with Crippen LogP contribution >= 0.6 is 0 Å². The second-order valence-corrected chi connectivity index (χ2v) is 6.45. The summed E-state index contributed by atoms with van der Waals surface area (Å²) in [6.45, 7) is 0.196. The van der Waals surface area contributed by atoms with Crippen LogP contribution in [0.3, 0.4) is 0 Å². The van der Waals surface area contributed by atoms with Crippen LogP contribution in [0.1, 0.15) is 0 Å². The summed E-state index contributed by atoms with van der Waals surface area (Å²) in [5, 5.41) is 0. The SMILES string of the molecule is COc1cc(OC)cc(-c2cc3c(cc2-c2cc(OC)cc(OC)c2)OCO3)c1. The van der Waals surface area contributed by atoms with Crippen molar-refractivity contribution >= 4 is 0 Å². The van der Waals surface area contributed by atoms with E-state index in [9.17, 15) is 0 Å². The number of fused-ring (bicyclic) bond motifs is 1. The number of rotatable bonds is 6. The van der Waals surface area contributed by atoms with Gasteiger partial charge in [0.1, 0.15) is 23.0 Å². The Bertz CT molecular complexity index is 917. The minimum Gasteiger partial charge on any atom is -0.497 e. The number of hydrogen-bond donors (Lipinski definition) is 0. The van der Waals surface area contributed by atoms with Crippen LogP contribution in [0.15, 0.2) is 48.5 Å². The first-order chi connectivity index (χ1) is 14.1. The van der Waals surface area contributed by atoms with Gasteiger partial charge in [0.25, 0.3) is 0 Å². The van der Waals surface area contributed by atoms with Gasteiger partial charge in [-0.25, -0.2) is 0 Å². The quantitative estimate of drug-likeness (QED) is 0.600. The number of benzene rings is 3. The van der Waals surface area contributed by atoms with Crippen molar-refractivity contribution in [3.63, 3.8) is 0 Å². The van der Waals surface area contributed by atoms with Crippen molar-refractivity contribution in [1.29, 1.82) is 0 Å². The summed E-state index contributed by atoms with van der Waals surface area (Å²) < 4.78 is 33.1. The van der Waals surface area contributed by atoms with Gasteiger partial charge < -0.3 is 28.4 Å². The van der Waals surface area contributed by atoms with E-state index >= 15 is 0 Å². The third kappa shape index (κ3) is 3.61. The average Bonchev–Trinajstić information content (AvgIpc) is 3.24. The third-order valence-electron chi connectivity index (χ3n) is 4.84. The molecule has 0 amide bonds. The fourth-order valence-corrected chi connectivity index (χ4v) is 3.35. The van der Waals surface area contributed by atoms with E-state index in [1.807, 2.05) is 48.5 Å². The molecule has 1 aliphatic heterocycles. The molecular weight excluding hydrogens is 372 g/mol. The van der Waals surface area contributed by atoms with Crippen LogP contribution in [0, 0.1) is 0 Å². The van der Waals surface area contributed by atoms with Crippen LogP contribution in [0.4, 0.5) is 0 Å². The first-order valence-corrected chi connectivity index (χ1v) is 9.05. The average molecular weight is 394 g/mol. The van der Waals surface area contributed by atoms with Crippen molar-refractivity contribution in [2.75, 3.05) is 35.2 Å². The summed E-state index contributed by atoms with van der Waals surface area (Å²) in [7, 11) is 6.52. The summed E-state index contributed by atoms with van der Waals surface area (Å²) in [6.07, 6.45) is 0. The molecule has 0 fully saturated rings. The summed E-state index contributed by atoms with van der Waals surface area (Å²) >= 11 is 0. The van der Waals surface area contributed by atoms with Crippen LogP contribution in [-0.2, 0) is 0 Å². The Balaban J connectivity index is 1.96. The molecule has 150 valence electrons. The zero-order valence-electron chi connectivity index (χ0n) is 16.8. The molecule has 1 heterocycles. The normalized spacial score (nSPS) is 11.9. The molecule has 0 N–H and O–H groups in total. The van der Waals surface area contributed by atoms with Gasteiger partial charge in [-0.05, 0) is 58.7 Å². The molecule has 0 saturated heterocycles. The summed E-state index contributed by atoms with van der Waals surface area (Å²) in [5.41, 5.74) is 3.75. The largest absolute Gasteiger partial charge is 0.497 e. The van der Waals surface area contributed by atoms with E-state index in [0.29, 0.717) is 34.5 Å².